The van der Waals surface area contributed by atoms with Crippen molar-refractivity contribution >= 4 is 28.0 Å². The van der Waals surface area contributed by atoms with Crippen molar-refractivity contribution in [3.05, 3.63) is 24.3 Å². The van der Waals surface area contributed by atoms with Crippen LogP contribution in [0.1, 0.15) is 33.6 Å². The zero-order valence-corrected chi connectivity index (χ0v) is 15.0. The number of nitrogens with zero attached hydrogens (tertiary/aromatic N) is 2. The Balaban J connectivity index is 1.72. The molecule has 0 spiro atoms. The summed E-state index contributed by atoms with van der Waals surface area (Å²) in [5.41, 5.74) is 0.782. The molecule has 2 heterocycles. The Bertz CT molecular complexity index is 732. The molecule has 1 aromatic heterocycles. The highest BCUT2D eigenvalue weighted by molar-refractivity contribution is 7.85. The third-order valence-electron chi connectivity index (χ3n) is 3.78. The van der Waals surface area contributed by atoms with E-state index in [1.807, 2.05) is 39.0 Å². The molecule has 1 aliphatic rings. The Labute approximate surface area is 143 Å². The molecule has 1 amide bonds. The summed E-state index contributed by atoms with van der Waals surface area (Å²) >= 11 is 0. The molecule has 1 aliphatic heterocycles. The number of fused-ring (bicyclic) bond motifs is 1. The lowest BCUT2D eigenvalue weighted by molar-refractivity contribution is 0.0219. The summed E-state index contributed by atoms with van der Waals surface area (Å²) < 4.78 is 23.8. The minimum atomic E-state index is -1.39. The summed E-state index contributed by atoms with van der Waals surface area (Å²) in [5.74, 6) is 0. The molecular formula is C17H22N2O4S. The highest BCUT2D eigenvalue weighted by Gasteiger charge is 2.32. The van der Waals surface area contributed by atoms with E-state index >= 15 is 0 Å². The van der Waals surface area contributed by atoms with Gasteiger partial charge in [-0.3, -0.25) is 0 Å². The maximum atomic E-state index is 12.8. The lowest BCUT2D eigenvalue weighted by Gasteiger charge is -2.33. The van der Waals surface area contributed by atoms with E-state index in [-0.39, 0.29) is 16.6 Å². The van der Waals surface area contributed by atoms with Crippen molar-refractivity contribution in [3.8, 4) is 0 Å². The normalized spacial score (nSPS) is 20.1. The van der Waals surface area contributed by atoms with Crippen molar-refractivity contribution in [1.29, 1.82) is 0 Å². The smallest absolute Gasteiger partial charge is 0.410 e. The molecule has 130 valence electrons. The lowest BCUT2D eigenvalue weighted by Crippen LogP contribution is -2.45. The number of amides is 1. The van der Waals surface area contributed by atoms with Crippen LogP contribution in [0, 0.1) is 0 Å². The van der Waals surface area contributed by atoms with Crippen LogP contribution < -0.4 is 0 Å². The quantitative estimate of drug-likeness (QED) is 0.830. The molecule has 7 heteroatoms. The lowest BCUT2D eigenvalue weighted by atomic mass is 10.1. The maximum Gasteiger partial charge on any atom is 0.410 e. The van der Waals surface area contributed by atoms with Gasteiger partial charge in [-0.2, -0.15) is 0 Å². The van der Waals surface area contributed by atoms with E-state index in [9.17, 15) is 9.00 Å². The molecule has 0 saturated carbocycles. The van der Waals surface area contributed by atoms with E-state index in [1.165, 1.54) is 0 Å². The highest BCUT2D eigenvalue weighted by atomic mass is 32.2. The second-order valence-corrected chi connectivity index (χ2v) is 8.55. The van der Waals surface area contributed by atoms with Crippen LogP contribution in [0.4, 0.5) is 4.79 Å². The summed E-state index contributed by atoms with van der Waals surface area (Å²) in [5, 5.41) is 0.0339. The number of carbonyl (C=O) groups excluding carboxylic acids is 1. The van der Waals surface area contributed by atoms with Crippen LogP contribution in [-0.4, -0.2) is 44.1 Å². The van der Waals surface area contributed by atoms with Crippen LogP contribution >= 0.6 is 0 Å². The second-order valence-electron chi connectivity index (χ2n) is 6.94. The first-order chi connectivity index (χ1) is 11.3. The molecular weight excluding hydrogens is 328 g/mol. The van der Waals surface area contributed by atoms with Gasteiger partial charge in [-0.15, -0.1) is 0 Å². The van der Waals surface area contributed by atoms with Gasteiger partial charge < -0.3 is 14.1 Å². The molecule has 0 unspecified atom stereocenters. The number of ether oxygens (including phenoxy) is 1. The summed E-state index contributed by atoms with van der Waals surface area (Å²) in [6, 6.07) is 7.35. The fraction of sp³-hybridized carbons (Fsp3) is 0.529. The first-order valence-electron chi connectivity index (χ1n) is 8.07. The monoisotopic (exact) mass is 350 g/mol. The Morgan fingerprint density at radius 2 is 2.12 bits per heavy atom. The Kier molecular flexibility index (Phi) is 4.62. The Morgan fingerprint density at radius 1 is 1.38 bits per heavy atom. The zero-order valence-electron chi connectivity index (χ0n) is 14.2. The minimum Gasteiger partial charge on any atom is -0.444 e. The number of para-hydroxylation sites is 2. The molecule has 1 fully saturated rings. The van der Waals surface area contributed by atoms with E-state index < -0.39 is 16.4 Å². The minimum absolute atomic E-state index is 0.195. The Morgan fingerprint density at radius 3 is 2.83 bits per heavy atom. The number of aromatic nitrogens is 1. The average molecular weight is 350 g/mol. The Hall–Kier alpha value is -1.89. The molecule has 2 atom stereocenters. The SMILES string of the molecule is CC(C)(C)OC(=O)N1CCC[C@@H]([S@@](=O)c2nc3ccccc3o2)C1. The predicted molar refractivity (Wildman–Crippen MR) is 91.2 cm³/mol. The van der Waals surface area contributed by atoms with E-state index in [2.05, 4.69) is 4.98 Å². The second kappa shape index (κ2) is 6.55. The van der Waals surface area contributed by atoms with Crippen molar-refractivity contribution in [2.45, 2.75) is 49.7 Å². The first kappa shape index (κ1) is 17.0. The van der Waals surface area contributed by atoms with Gasteiger partial charge in [0.15, 0.2) is 5.58 Å². The van der Waals surface area contributed by atoms with Gasteiger partial charge in [-0.1, -0.05) is 12.1 Å². The average Bonchev–Trinajstić information content (AvgIpc) is 2.96. The van der Waals surface area contributed by atoms with E-state index in [1.54, 1.807) is 11.0 Å². The first-order valence-corrected chi connectivity index (χ1v) is 9.29. The standard InChI is InChI=1S/C17H22N2O4S/c1-17(2,3)23-16(20)19-10-6-7-12(11-19)24(21)15-18-13-8-4-5-9-14(13)22-15/h4-5,8-9,12H,6-7,10-11H2,1-3H3/t12-,24-/m1/s1. The van der Waals surface area contributed by atoms with E-state index in [4.69, 9.17) is 9.15 Å². The molecule has 0 N–H and O–H groups in total. The topological polar surface area (TPSA) is 72.6 Å². The molecule has 3 rings (SSSR count). The number of hydrogen-bond donors (Lipinski definition) is 0. The van der Waals surface area contributed by atoms with Crippen molar-refractivity contribution in [2.75, 3.05) is 13.1 Å². The van der Waals surface area contributed by atoms with Crippen molar-refractivity contribution in [1.82, 2.24) is 9.88 Å². The molecule has 6 nitrogen and oxygen atoms in total. The maximum absolute atomic E-state index is 12.8. The molecule has 0 aliphatic carbocycles. The number of carbonyl (C=O) groups is 1. The molecule has 1 saturated heterocycles. The predicted octanol–water partition coefficient (Wildman–Crippen LogP) is 3.33. The van der Waals surface area contributed by atoms with E-state index in [0.29, 0.717) is 24.2 Å². The van der Waals surface area contributed by atoms with Gasteiger partial charge in [0.1, 0.15) is 21.9 Å². The summed E-state index contributed by atoms with van der Waals surface area (Å²) in [6.45, 7) is 6.52. The summed E-state index contributed by atoms with van der Waals surface area (Å²) in [7, 11) is -1.39. The van der Waals surface area contributed by atoms with Gasteiger partial charge in [-0.25, -0.2) is 14.0 Å². The third-order valence-corrected chi connectivity index (χ3v) is 5.29. The van der Waals surface area contributed by atoms with Crippen LogP contribution in [-0.2, 0) is 15.5 Å². The van der Waals surface area contributed by atoms with Crippen molar-refractivity contribution in [2.24, 2.45) is 0 Å². The van der Waals surface area contributed by atoms with Crippen molar-refractivity contribution < 1.29 is 18.2 Å². The molecule has 2 aromatic rings. The van der Waals surface area contributed by atoms with Gasteiger partial charge in [0.05, 0.1) is 5.25 Å². The number of benzene rings is 1. The number of piperidine rings is 1. The van der Waals surface area contributed by atoms with Crippen LogP contribution in [0.25, 0.3) is 11.1 Å². The number of hydrogen-bond acceptors (Lipinski definition) is 5. The molecule has 0 radical (unpaired) electrons. The largest absolute Gasteiger partial charge is 0.444 e. The number of oxazole rings is 1. The summed E-state index contributed by atoms with van der Waals surface area (Å²) in [6.07, 6.45) is 1.20. The van der Waals surface area contributed by atoms with Gasteiger partial charge in [0.2, 0.25) is 0 Å². The van der Waals surface area contributed by atoms with Gasteiger partial charge in [0, 0.05) is 13.1 Å². The summed E-state index contributed by atoms with van der Waals surface area (Å²) in [4.78, 5) is 18.2. The van der Waals surface area contributed by atoms with Gasteiger partial charge in [0.25, 0.3) is 5.22 Å². The van der Waals surface area contributed by atoms with Crippen LogP contribution in [0.2, 0.25) is 0 Å². The molecule has 1 aromatic carbocycles. The molecule has 24 heavy (non-hydrogen) atoms. The fourth-order valence-electron chi connectivity index (χ4n) is 2.68. The number of likely N-dealkylation sites (tertiary alicyclic amines) is 1. The van der Waals surface area contributed by atoms with E-state index in [0.717, 1.165) is 12.8 Å². The fourth-order valence-corrected chi connectivity index (χ4v) is 4.03. The van der Waals surface area contributed by atoms with Crippen LogP contribution in [0.3, 0.4) is 0 Å². The van der Waals surface area contributed by atoms with Crippen LogP contribution in [0.5, 0.6) is 0 Å². The molecule has 0 bridgehead atoms. The third kappa shape index (κ3) is 3.77. The van der Waals surface area contributed by atoms with Gasteiger partial charge in [-0.05, 0) is 45.7 Å². The highest BCUT2D eigenvalue weighted by Crippen LogP contribution is 2.24. The van der Waals surface area contributed by atoms with Gasteiger partial charge >= 0.3 is 6.09 Å². The zero-order chi connectivity index (χ0) is 17.3. The number of rotatable bonds is 2. The van der Waals surface area contributed by atoms with Crippen LogP contribution in [0.15, 0.2) is 33.9 Å². The van der Waals surface area contributed by atoms with Crippen molar-refractivity contribution in [3.63, 3.8) is 0 Å².